The molecule has 2 heterocycles. The third-order valence-electron chi connectivity index (χ3n) is 10.9. The van der Waals surface area contributed by atoms with E-state index in [9.17, 15) is 17.8 Å². The largest absolute Gasteiger partial charge is 0.344 e. The third kappa shape index (κ3) is 8.17. The van der Waals surface area contributed by atoms with Gasteiger partial charge in [0.1, 0.15) is 12.3 Å². The summed E-state index contributed by atoms with van der Waals surface area (Å²) in [6.45, 7) is 12.4. The van der Waals surface area contributed by atoms with Crippen LogP contribution in [0.15, 0.2) is 121 Å². The maximum Gasteiger partial charge on any atom is 0.264 e. The van der Waals surface area contributed by atoms with Gasteiger partial charge in [0, 0.05) is 53.9 Å². The number of hydrogen-bond donors (Lipinski definition) is 1. The number of hydrogen-bond acceptors (Lipinski definition) is 4. The lowest BCUT2D eigenvalue weighted by Crippen LogP contribution is -2.28. The van der Waals surface area contributed by atoms with Gasteiger partial charge in [-0.2, -0.15) is 13.0 Å². The van der Waals surface area contributed by atoms with Crippen molar-refractivity contribution >= 4 is 54.5 Å². The normalized spacial score (nSPS) is 17.4. The van der Waals surface area contributed by atoms with Crippen molar-refractivity contribution in [1.29, 1.82) is 0 Å². The average molecular weight is 730 g/mol. The molecule has 4 aromatic rings. The second kappa shape index (κ2) is 15.8. The first-order valence-electron chi connectivity index (χ1n) is 18.9. The van der Waals surface area contributed by atoms with Crippen LogP contribution < -0.4 is 4.90 Å². The van der Waals surface area contributed by atoms with Crippen molar-refractivity contribution in [2.75, 3.05) is 23.7 Å². The Bertz CT molecular complexity index is 2290. The van der Waals surface area contributed by atoms with Gasteiger partial charge in [0.15, 0.2) is 5.71 Å². The summed E-state index contributed by atoms with van der Waals surface area (Å²) < 4.78 is 34.4. The Kier molecular flexibility index (Phi) is 11.4. The highest BCUT2D eigenvalue weighted by Gasteiger charge is 2.45. The molecule has 0 radical (unpaired) electrons. The standard InChI is InChI=1S/C46H52N2O4S/c1-34(49)20-10-9-17-31-47-39-29-27-35-21-13-15-23-37(35)43(39)45(2,3)41(47)25-11-7-6-8-12-26-42-46(4,5)44-38-24-16-14-22-36(38)28-30-40(44)48(42)32-18-19-33-53(50,51)52/h6-8,11-16,21-30H,9-10,17-20,31-33H2,1-5H3/p+1. The number of carbonyl (C=O) groups is 1. The molecular formula is C46H53N2O4S+. The lowest BCUT2D eigenvalue weighted by Gasteiger charge is -2.27. The van der Waals surface area contributed by atoms with Crippen LogP contribution in [-0.2, 0) is 25.7 Å². The summed E-state index contributed by atoms with van der Waals surface area (Å²) >= 11 is 0. The summed E-state index contributed by atoms with van der Waals surface area (Å²) in [7, 11) is -3.99. The van der Waals surface area contributed by atoms with E-state index in [0.29, 0.717) is 25.8 Å². The Hall–Kier alpha value is -4.59. The van der Waals surface area contributed by atoms with E-state index in [1.807, 2.05) is 0 Å². The number of nitrogens with zero attached hydrogens (tertiary/aromatic N) is 2. The fourth-order valence-corrected chi connectivity index (χ4v) is 8.98. The molecule has 0 amide bonds. The van der Waals surface area contributed by atoms with Crippen molar-refractivity contribution in [2.45, 2.75) is 84.0 Å². The molecule has 0 aliphatic carbocycles. The van der Waals surface area contributed by atoms with Crippen molar-refractivity contribution in [1.82, 2.24) is 0 Å². The molecule has 6 nitrogen and oxygen atoms in total. The fraction of sp³-hybridized carbons (Fsp3) is 0.348. The molecule has 0 saturated carbocycles. The maximum absolute atomic E-state index is 11.5. The number of ketones is 1. The molecule has 0 atom stereocenters. The number of benzene rings is 4. The van der Waals surface area contributed by atoms with E-state index in [0.717, 1.165) is 37.2 Å². The van der Waals surface area contributed by atoms with Crippen LogP contribution in [0.4, 0.5) is 11.4 Å². The minimum absolute atomic E-state index is 0.182. The molecule has 0 spiro atoms. The third-order valence-corrected chi connectivity index (χ3v) is 11.7. The van der Waals surface area contributed by atoms with Gasteiger partial charge in [-0.05, 0) is 85.4 Å². The minimum Gasteiger partial charge on any atom is -0.344 e. The van der Waals surface area contributed by atoms with E-state index in [1.54, 1.807) is 6.92 Å². The van der Waals surface area contributed by atoms with Gasteiger partial charge in [-0.15, -0.1) is 0 Å². The van der Waals surface area contributed by atoms with Gasteiger partial charge in [0.05, 0.1) is 11.2 Å². The van der Waals surface area contributed by atoms with Gasteiger partial charge < -0.3 is 9.69 Å². The van der Waals surface area contributed by atoms with Gasteiger partial charge in [-0.1, -0.05) is 105 Å². The molecule has 2 aliphatic heterocycles. The van der Waals surface area contributed by atoms with Gasteiger partial charge in [-0.3, -0.25) is 4.55 Å². The zero-order valence-corrected chi connectivity index (χ0v) is 32.6. The number of unbranched alkanes of at least 4 members (excludes halogenated alkanes) is 3. The van der Waals surface area contributed by atoms with Crippen LogP contribution in [0.5, 0.6) is 0 Å². The molecule has 7 heteroatoms. The highest BCUT2D eigenvalue weighted by atomic mass is 32.2. The summed E-state index contributed by atoms with van der Waals surface area (Å²) in [5.74, 6) is 0.0253. The number of rotatable bonds is 15. The van der Waals surface area contributed by atoms with Crippen LogP contribution in [0.1, 0.15) is 84.3 Å². The molecule has 0 bridgehead atoms. The quantitative estimate of drug-likeness (QED) is 0.0570. The van der Waals surface area contributed by atoms with E-state index >= 15 is 0 Å². The number of carbonyl (C=O) groups excluding carboxylic acids is 1. The lowest BCUT2D eigenvalue weighted by atomic mass is 9.79. The molecule has 6 rings (SSSR count). The smallest absolute Gasteiger partial charge is 0.264 e. The van der Waals surface area contributed by atoms with E-state index in [1.165, 1.54) is 44.1 Å². The van der Waals surface area contributed by atoms with Gasteiger partial charge in [-0.25, -0.2) is 0 Å². The van der Waals surface area contributed by atoms with Crippen molar-refractivity contribution in [2.24, 2.45) is 0 Å². The molecule has 53 heavy (non-hydrogen) atoms. The van der Waals surface area contributed by atoms with Crippen LogP contribution in [-0.4, -0.2) is 47.9 Å². The monoisotopic (exact) mass is 729 g/mol. The molecule has 1 N–H and O–H groups in total. The number of Topliss-reactive ketones (excluding diaryl/α,β-unsaturated/α-hetero) is 1. The highest BCUT2D eigenvalue weighted by molar-refractivity contribution is 7.85. The summed E-state index contributed by atoms with van der Waals surface area (Å²) in [5.41, 5.74) is 7.03. The molecule has 0 unspecified atom stereocenters. The Labute approximate surface area is 315 Å². The molecular weight excluding hydrogens is 677 g/mol. The van der Waals surface area contributed by atoms with Gasteiger partial charge in [0.25, 0.3) is 10.1 Å². The van der Waals surface area contributed by atoms with Crippen molar-refractivity contribution < 1.29 is 22.3 Å². The first-order chi connectivity index (χ1) is 25.3. The molecule has 4 aromatic carbocycles. The van der Waals surface area contributed by atoms with Crippen LogP contribution in [0, 0.1) is 0 Å². The topological polar surface area (TPSA) is 77.7 Å². The highest BCUT2D eigenvalue weighted by Crippen LogP contribution is 2.51. The fourth-order valence-electron chi connectivity index (χ4n) is 8.41. The number of allylic oxidation sites excluding steroid dienone is 8. The number of fused-ring (bicyclic) bond motifs is 6. The maximum atomic E-state index is 11.5. The molecule has 276 valence electrons. The Morgan fingerprint density at radius 1 is 0.736 bits per heavy atom. The Balaban J connectivity index is 1.24. The predicted molar refractivity (Wildman–Crippen MR) is 221 cm³/mol. The Morgan fingerprint density at radius 2 is 1.38 bits per heavy atom. The van der Waals surface area contributed by atoms with E-state index in [2.05, 4.69) is 152 Å². The summed E-state index contributed by atoms with van der Waals surface area (Å²) in [4.78, 5) is 14.0. The summed E-state index contributed by atoms with van der Waals surface area (Å²) in [5, 5.41) is 4.97. The second-order valence-electron chi connectivity index (χ2n) is 15.5. The molecule has 0 saturated heterocycles. The summed E-state index contributed by atoms with van der Waals surface area (Å²) in [6.07, 6.45) is 19.5. The van der Waals surface area contributed by atoms with E-state index in [4.69, 9.17) is 0 Å². The molecule has 0 fully saturated rings. The van der Waals surface area contributed by atoms with Gasteiger partial charge in [0.2, 0.25) is 5.69 Å². The molecule has 0 aromatic heterocycles. The van der Waals surface area contributed by atoms with Crippen LogP contribution in [0.3, 0.4) is 0 Å². The summed E-state index contributed by atoms with van der Waals surface area (Å²) in [6, 6.07) is 25.9. The van der Waals surface area contributed by atoms with Gasteiger partial charge >= 0.3 is 0 Å². The Morgan fingerprint density at radius 3 is 2.08 bits per heavy atom. The van der Waals surface area contributed by atoms with Crippen molar-refractivity contribution in [3.63, 3.8) is 0 Å². The predicted octanol–water partition coefficient (Wildman–Crippen LogP) is 10.5. The SMILES string of the molecule is CC(=O)CCCCCN1\C(=C/C=C/C=C/C=C/C2=[N+](CCCCS(=O)(=O)O)c3ccc4ccccc4c3C2(C)C)C(C)(C)c2c1ccc1ccccc21. The van der Waals surface area contributed by atoms with Crippen molar-refractivity contribution in [3.05, 3.63) is 132 Å². The molecule has 2 aliphatic rings. The van der Waals surface area contributed by atoms with E-state index < -0.39 is 10.1 Å². The average Bonchev–Trinajstić information content (AvgIpc) is 3.47. The van der Waals surface area contributed by atoms with Crippen molar-refractivity contribution in [3.8, 4) is 0 Å². The minimum atomic E-state index is -3.99. The lowest BCUT2D eigenvalue weighted by molar-refractivity contribution is -0.438. The van der Waals surface area contributed by atoms with E-state index in [-0.39, 0.29) is 22.4 Å². The first kappa shape index (κ1) is 38.1. The first-order valence-corrected chi connectivity index (χ1v) is 20.6. The van der Waals surface area contributed by atoms with Crippen LogP contribution in [0.2, 0.25) is 0 Å². The number of anilines is 1. The second-order valence-corrected chi connectivity index (χ2v) is 17.1. The van der Waals surface area contributed by atoms with Crippen LogP contribution in [0.25, 0.3) is 21.5 Å². The zero-order valence-electron chi connectivity index (χ0n) is 31.8. The van der Waals surface area contributed by atoms with Crippen LogP contribution >= 0.6 is 0 Å². The zero-order chi connectivity index (χ0) is 37.8.